The van der Waals surface area contributed by atoms with Crippen LogP contribution in [0.25, 0.3) is 0 Å². The Morgan fingerprint density at radius 2 is 1.70 bits per heavy atom. The highest BCUT2D eigenvalue weighted by atomic mass is 32.2. The summed E-state index contributed by atoms with van der Waals surface area (Å²) >= 11 is 0. The number of sulfonamides is 1. The third kappa shape index (κ3) is 9.81. The van der Waals surface area contributed by atoms with Gasteiger partial charge in [-0.3, -0.25) is 9.52 Å². The fourth-order valence-corrected chi connectivity index (χ4v) is 4.26. The van der Waals surface area contributed by atoms with E-state index in [0.29, 0.717) is 11.4 Å². The second-order valence-corrected chi connectivity index (χ2v) is 14.3. The molecule has 0 aliphatic rings. The molecule has 0 radical (unpaired) electrons. The molecule has 0 aliphatic heterocycles. The average molecular weight is 471 g/mol. The van der Waals surface area contributed by atoms with Gasteiger partial charge in [-0.1, -0.05) is 0 Å². The monoisotopic (exact) mass is 470 g/mol. The lowest BCUT2D eigenvalue weighted by Gasteiger charge is -2.34. The lowest BCUT2D eigenvalue weighted by atomic mass is 10.2. The molecular formula is C18H29F3N2O5SSi. The molecule has 1 aromatic rings. The number of anilines is 1. The molecular weight excluding hydrogens is 441 g/mol. The Morgan fingerprint density at radius 1 is 1.17 bits per heavy atom. The number of hydrogen-bond acceptors (Lipinski definition) is 5. The first-order valence-corrected chi connectivity index (χ1v) is 14.5. The number of carbonyl (C=O) groups excluding carboxylic acids is 1. The van der Waals surface area contributed by atoms with Crippen molar-refractivity contribution in [2.75, 3.05) is 24.1 Å². The summed E-state index contributed by atoms with van der Waals surface area (Å²) in [6.45, 7) is 8.32. The van der Waals surface area contributed by atoms with Crippen LogP contribution in [0.3, 0.4) is 0 Å². The number of nitrogens with one attached hydrogen (secondary N) is 1. The Morgan fingerprint density at radius 3 is 2.10 bits per heavy atom. The first-order chi connectivity index (χ1) is 13.5. The van der Waals surface area contributed by atoms with Crippen LogP contribution in [0, 0.1) is 0 Å². The van der Waals surface area contributed by atoms with Gasteiger partial charge in [-0.25, -0.2) is 8.42 Å². The quantitative estimate of drug-likeness (QED) is 0.530. The molecule has 7 nitrogen and oxygen atoms in total. The third-order valence-electron chi connectivity index (χ3n) is 3.64. The highest BCUT2D eigenvalue weighted by Crippen LogP contribution is 2.22. The van der Waals surface area contributed by atoms with Crippen molar-refractivity contribution >= 4 is 29.9 Å². The molecule has 0 spiro atoms. The fourth-order valence-electron chi connectivity index (χ4n) is 2.56. The first kappa shape index (κ1) is 26.2. The van der Waals surface area contributed by atoms with Crippen LogP contribution in [0.15, 0.2) is 24.3 Å². The Kier molecular flexibility index (Phi) is 8.76. The van der Waals surface area contributed by atoms with E-state index in [1.165, 1.54) is 38.1 Å². The SMILES string of the molecule is CC(C)N(CC(COc1ccc(NS(C)(=O)=O)cc1)O[Si](C)(C)C)C(=O)C(F)(F)F. The highest BCUT2D eigenvalue weighted by molar-refractivity contribution is 7.92. The van der Waals surface area contributed by atoms with E-state index in [9.17, 15) is 26.4 Å². The molecule has 12 heteroatoms. The Balaban J connectivity index is 2.92. The zero-order chi connectivity index (χ0) is 23.3. The van der Waals surface area contributed by atoms with Crippen molar-refractivity contribution in [2.24, 2.45) is 0 Å². The zero-order valence-corrected chi connectivity index (χ0v) is 19.7. The molecule has 1 unspecified atom stereocenters. The van der Waals surface area contributed by atoms with Crippen molar-refractivity contribution in [3.05, 3.63) is 24.3 Å². The van der Waals surface area contributed by atoms with Gasteiger partial charge in [-0.15, -0.1) is 0 Å². The summed E-state index contributed by atoms with van der Waals surface area (Å²) in [5.74, 6) is -1.53. The maximum absolute atomic E-state index is 13.0. The normalized spacial score (nSPS) is 13.8. The molecule has 30 heavy (non-hydrogen) atoms. The van der Waals surface area contributed by atoms with Gasteiger partial charge < -0.3 is 14.1 Å². The Hall–Kier alpha value is -1.79. The zero-order valence-electron chi connectivity index (χ0n) is 17.9. The van der Waals surface area contributed by atoms with E-state index in [0.717, 1.165) is 11.2 Å². The smallest absolute Gasteiger partial charge is 0.471 e. The summed E-state index contributed by atoms with van der Waals surface area (Å²) in [4.78, 5) is 12.5. The average Bonchev–Trinajstić information content (AvgIpc) is 2.54. The summed E-state index contributed by atoms with van der Waals surface area (Å²) < 4.78 is 75.3. The molecule has 0 saturated heterocycles. The van der Waals surface area contributed by atoms with Crippen LogP contribution in [0.1, 0.15) is 13.8 Å². The molecule has 172 valence electrons. The molecule has 1 N–H and O–H groups in total. The van der Waals surface area contributed by atoms with Crippen molar-refractivity contribution < 1.29 is 35.5 Å². The van der Waals surface area contributed by atoms with Gasteiger partial charge in [0.25, 0.3) is 0 Å². The molecule has 0 fully saturated rings. The lowest BCUT2D eigenvalue weighted by molar-refractivity contribution is -0.188. The van der Waals surface area contributed by atoms with Crippen molar-refractivity contribution in [1.82, 2.24) is 4.90 Å². The van der Waals surface area contributed by atoms with Crippen molar-refractivity contribution in [1.29, 1.82) is 0 Å². The molecule has 1 amide bonds. The van der Waals surface area contributed by atoms with E-state index in [1.54, 1.807) is 0 Å². The van der Waals surface area contributed by atoms with Crippen LogP contribution in [-0.2, 0) is 19.2 Å². The minimum Gasteiger partial charge on any atom is -0.491 e. The molecule has 0 aromatic heterocycles. The first-order valence-electron chi connectivity index (χ1n) is 9.24. The summed E-state index contributed by atoms with van der Waals surface area (Å²) in [5.41, 5.74) is 0.349. The van der Waals surface area contributed by atoms with Gasteiger partial charge >= 0.3 is 12.1 Å². The molecule has 1 rings (SSSR count). The van der Waals surface area contributed by atoms with E-state index in [1.807, 2.05) is 19.6 Å². The summed E-state index contributed by atoms with van der Waals surface area (Å²) in [7, 11) is -5.57. The van der Waals surface area contributed by atoms with Gasteiger partial charge in [-0.2, -0.15) is 13.2 Å². The summed E-state index contributed by atoms with van der Waals surface area (Å²) in [5, 5.41) is 0. The van der Waals surface area contributed by atoms with Gasteiger partial charge in [0.05, 0.1) is 12.4 Å². The van der Waals surface area contributed by atoms with E-state index in [4.69, 9.17) is 9.16 Å². The van der Waals surface area contributed by atoms with E-state index < -0.39 is 42.6 Å². The minimum atomic E-state index is -4.97. The van der Waals surface area contributed by atoms with E-state index in [-0.39, 0.29) is 13.2 Å². The van der Waals surface area contributed by atoms with Crippen LogP contribution in [-0.4, -0.2) is 65.3 Å². The number of carbonyl (C=O) groups is 1. The van der Waals surface area contributed by atoms with E-state index in [2.05, 4.69) is 4.72 Å². The van der Waals surface area contributed by atoms with E-state index >= 15 is 0 Å². The number of amides is 1. The summed E-state index contributed by atoms with van der Waals surface area (Å²) in [6.07, 6.45) is -4.71. The van der Waals surface area contributed by atoms with Crippen LogP contribution < -0.4 is 9.46 Å². The van der Waals surface area contributed by atoms with Gasteiger partial charge in [0.15, 0.2) is 8.32 Å². The molecule has 0 saturated carbocycles. The van der Waals surface area contributed by atoms with Crippen LogP contribution >= 0.6 is 0 Å². The van der Waals surface area contributed by atoms with Crippen molar-refractivity contribution in [2.45, 2.75) is 51.8 Å². The highest BCUT2D eigenvalue weighted by Gasteiger charge is 2.44. The Bertz CT molecular complexity index is 809. The standard InChI is InChI=1S/C18H29F3N2O5SSi/c1-13(2)23(17(24)18(19,20)21)11-16(28-30(4,5)6)12-27-15-9-7-14(8-10-15)22-29(3,25)26/h7-10,13,16,22H,11-12H2,1-6H3. The van der Waals surface area contributed by atoms with Crippen LogP contribution in [0.4, 0.5) is 18.9 Å². The molecule has 1 aromatic carbocycles. The topological polar surface area (TPSA) is 84.9 Å². The fraction of sp³-hybridized carbons (Fsp3) is 0.611. The number of ether oxygens (including phenoxy) is 1. The minimum absolute atomic E-state index is 0.0719. The second-order valence-electron chi connectivity index (χ2n) is 8.11. The predicted molar refractivity (Wildman–Crippen MR) is 112 cm³/mol. The van der Waals surface area contributed by atoms with Gasteiger partial charge in [-0.05, 0) is 57.8 Å². The van der Waals surface area contributed by atoms with Crippen molar-refractivity contribution in [3.63, 3.8) is 0 Å². The van der Waals surface area contributed by atoms with Gasteiger partial charge in [0.1, 0.15) is 12.4 Å². The number of nitrogens with zero attached hydrogens (tertiary/aromatic N) is 1. The molecule has 1 atom stereocenters. The van der Waals surface area contributed by atoms with Gasteiger partial charge in [0.2, 0.25) is 10.0 Å². The number of rotatable bonds is 10. The van der Waals surface area contributed by atoms with Crippen molar-refractivity contribution in [3.8, 4) is 5.75 Å². The second kappa shape index (κ2) is 10.0. The number of halogens is 3. The number of alkyl halides is 3. The Labute approximate surface area is 176 Å². The maximum Gasteiger partial charge on any atom is 0.471 e. The number of hydrogen-bond donors (Lipinski definition) is 1. The molecule has 0 bridgehead atoms. The van der Waals surface area contributed by atoms with Crippen LogP contribution in [0.5, 0.6) is 5.75 Å². The third-order valence-corrected chi connectivity index (χ3v) is 5.29. The van der Waals surface area contributed by atoms with Gasteiger partial charge in [0, 0.05) is 18.3 Å². The molecule has 0 aliphatic carbocycles. The van der Waals surface area contributed by atoms with Crippen LogP contribution in [0.2, 0.25) is 19.6 Å². The lowest BCUT2D eigenvalue weighted by Crippen LogP contribution is -2.51. The maximum atomic E-state index is 13.0. The largest absolute Gasteiger partial charge is 0.491 e. The molecule has 0 heterocycles. The number of benzene rings is 1. The summed E-state index contributed by atoms with van der Waals surface area (Å²) in [6, 6.07) is 5.38. The predicted octanol–water partition coefficient (Wildman–Crippen LogP) is 3.46.